The Kier molecular flexibility index (Phi) is 5.43. The maximum atomic E-state index is 5.60. The summed E-state index contributed by atoms with van der Waals surface area (Å²) in [6.45, 7) is 7.29. The van der Waals surface area contributed by atoms with Gasteiger partial charge in [-0.1, -0.05) is 28.1 Å². The minimum Gasteiger partial charge on any atom is -0.372 e. The van der Waals surface area contributed by atoms with E-state index in [0.717, 1.165) is 32.4 Å². The number of aromatic nitrogens is 4. The zero-order valence-corrected chi connectivity index (χ0v) is 16.3. The normalized spacial score (nSPS) is 12.5. The number of hydrogen-bond donors (Lipinski definition) is 0. The van der Waals surface area contributed by atoms with Crippen molar-refractivity contribution in [2.75, 3.05) is 6.61 Å². The van der Waals surface area contributed by atoms with E-state index in [1.54, 1.807) is 11.3 Å². The third-order valence-corrected chi connectivity index (χ3v) is 5.19. The van der Waals surface area contributed by atoms with Gasteiger partial charge in [-0.05, 0) is 32.9 Å². The first-order chi connectivity index (χ1) is 11.6. The Morgan fingerprint density at radius 3 is 2.71 bits per heavy atom. The van der Waals surface area contributed by atoms with E-state index in [0.29, 0.717) is 13.2 Å². The van der Waals surface area contributed by atoms with Crippen molar-refractivity contribution in [2.24, 2.45) is 0 Å². The summed E-state index contributed by atoms with van der Waals surface area (Å²) in [7, 11) is 0. The highest BCUT2D eigenvalue weighted by Gasteiger charge is 2.13. The third kappa shape index (κ3) is 3.91. The molecule has 2 aromatic heterocycles. The molecular weight excluding hydrogens is 388 g/mol. The lowest BCUT2D eigenvalue weighted by Crippen LogP contribution is -2.05. The zero-order valence-electron chi connectivity index (χ0n) is 13.9. The maximum Gasteiger partial charge on any atom is 0.181 e. The number of benzene rings is 1. The predicted molar refractivity (Wildman–Crippen MR) is 99.2 cm³/mol. The Hall–Kier alpha value is -1.57. The van der Waals surface area contributed by atoms with Gasteiger partial charge in [0.2, 0.25) is 0 Å². The van der Waals surface area contributed by atoms with Crippen LogP contribution in [0.1, 0.15) is 36.5 Å². The molecule has 0 aliphatic carbocycles. The third-order valence-electron chi connectivity index (χ3n) is 3.60. The summed E-state index contributed by atoms with van der Waals surface area (Å²) in [5.41, 5.74) is 1.99. The maximum absolute atomic E-state index is 5.60. The summed E-state index contributed by atoms with van der Waals surface area (Å²) in [6, 6.07) is 8.00. The van der Waals surface area contributed by atoms with E-state index in [1.165, 1.54) is 0 Å². The van der Waals surface area contributed by atoms with E-state index >= 15 is 0 Å². The number of ether oxygens (including phenoxy) is 1. The molecule has 0 saturated heterocycles. The highest BCUT2D eigenvalue weighted by Crippen LogP contribution is 2.22. The molecular formula is C17H19BrN4OS. The average Bonchev–Trinajstić information content (AvgIpc) is 3.16. The van der Waals surface area contributed by atoms with E-state index in [9.17, 15) is 0 Å². The first-order valence-corrected chi connectivity index (χ1v) is 9.47. The second kappa shape index (κ2) is 7.55. The van der Waals surface area contributed by atoms with E-state index in [-0.39, 0.29) is 6.10 Å². The molecule has 7 heteroatoms. The lowest BCUT2D eigenvalue weighted by molar-refractivity contribution is 0.0761. The molecule has 0 saturated carbocycles. The fraction of sp³-hybridized carbons (Fsp3) is 0.353. The Balaban J connectivity index is 1.77. The summed E-state index contributed by atoms with van der Waals surface area (Å²) < 4.78 is 8.53. The van der Waals surface area contributed by atoms with Crippen LogP contribution in [0.4, 0.5) is 0 Å². The molecule has 2 heterocycles. The van der Waals surface area contributed by atoms with Gasteiger partial charge >= 0.3 is 0 Å². The molecule has 0 fully saturated rings. The quantitative estimate of drug-likeness (QED) is 0.599. The molecule has 3 rings (SSSR count). The fourth-order valence-corrected chi connectivity index (χ4v) is 3.43. The van der Waals surface area contributed by atoms with Gasteiger partial charge in [-0.15, -0.1) is 11.3 Å². The Labute approximate surface area is 153 Å². The first kappa shape index (κ1) is 17.3. The molecule has 0 radical (unpaired) electrons. The van der Waals surface area contributed by atoms with Gasteiger partial charge in [0, 0.05) is 22.0 Å². The summed E-state index contributed by atoms with van der Waals surface area (Å²) in [5.74, 6) is 1.61. The molecule has 24 heavy (non-hydrogen) atoms. The van der Waals surface area contributed by atoms with Crippen LogP contribution in [0.2, 0.25) is 0 Å². The van der Waals surface area contributed by atoms with Crippen molar-refractivity contribution in [3.8, 4) is 11.4 Å². The van der Waals surface area contributed by atoms with Crippen molar-refractivity contribution in [2.45, 2.75) is 33.4 Å². The van der Waals surface area contributed by atoms with Crippen LogP contribution in [0.3, 0.4) is 0 Å². The van der Waals surface area contributed by atoms with Crippen LogP contribution in [-0.2, 0) is 11.3 Å². The molecule has 0 aliphatic rings. The molecule has 126 valence electrons. The van der Waals surface area contributed by atoms with E-state index in [1.807, 2.05) is 49.7 Å². The number of hydrogen-bond acceptors (Lipinski definition) is 5. The van der Waals surface area contributed by atoms with Crippen LogP contribution < -0.4 is 0 Å². The van der Waals surface area contributed by atoms with Gasteiger partial charge in [0.1, 0.15) is 16.9 Å². The average molecular weight is 407 g/mol. The van der Waals surface area contributed by atoms with Gasteiger partial charge in [0.25, 0.3) is 0 Å². The van der Waals surface area contributed by atoms with Crippen molar-refractivity contribution in [1.82, 2.24) is 19.7 Å². The van der Waals surface area contributed by atoms with Crippen LogP contribution >= 0.6 is 27.3 Å². The predicted octanol–water partition coefficient (Wildman–Crippen LogP) is 4.62. The number of rotatable bonds is 6. The topological polar surface area (TPSA) is 52.8 Å². The molecule has 3 aromatic rings. The molecule has 0 spiro atoms. The van der Waals surface area contributed by atoms with Gasteiger partial charge < -0.3 is 4.74 Å². The van der Waals surface area contributed by atoms with Crippen molar-refractivity contribution in [1.29, 1.82) is 0 Å². The summed E-state index contributed by atoms with van der Waals surface area (Å²) in [4.78, 5) is 9.22. The molecule has 0 aliphatic heterocycles. The second-order valence-corrected chi connectivity index (χ2v) is 7.23. The van der Waals surface area contributed by atoms with Crippen molar-refractivity contribution < 1.29 is 4.74 Å². The van der Waals surface area contributed by atoms with Crippen LogP contribution in [0.5, 0.6) is 0 Å². The number of thiazole rings is 1. The molecule has 0 unspecified atom stereocenters. The molecule has 0 bridgehead atoms. The van der Waals surface area contributed by atoms with Crippen LogP contribution in [0.15, 0.2) is 34.1 Å². The lowest BCUT2D eigenvalue weighted by Gasteiger charge is -2.07. The van der Waals surface area contributed by atoms with Crippen LogP contribution in [-0.4, -0.2) is 26.4 Å². The minimum atomic E-state index is 0.0314. The highest BCUT2D eigenvalue weighted by molar-refractivity contribution is 9.10. The Bertz CT molecular complexity index is 812. The monoisotopic (exact) mass is 406 g/mol. The van der Waals surface area contributed by atoms with Crippen LogP contribution in [0.25, 0.3) is 11.4 Å². The van der Waals surface area contributed by atoms with Gasteiger partial charge in [0.15, 0.2) is 5.82 Å². The molecule has 0 N–H and O–H groups in total. The lowest BCUT2D eigenvalue weighted by atomic mass is 10.2. The number of halogens is 1. The van der Waals surface area contributed by atoms with Crippen molar-refractivity contribution in [3.05, 3.63) is 50.6 Å². The van der Waals surface area contributed by atoms with Crippen molar-refractivity contribution in [3.63, 3.8) is 0 Å². The zero-order chi connectivity index (χ0) is 17.1. The highest BCUT2D eigenvalue weighted by atomic mass is 79.9. The standard InChI is InChI=1S/C17H19BrN4OS/c1-4-23-11(2)17-20-15(10-24-17)9-22-12(3)19-16(21-22)13-5-7-14(18)8-6-13/h5-8,10-11H,4,9H2,1-3H3/t11-/m0/s1. The fourth-order valence-electron chi connectivity index (χ4n) is 2.35. The van der Waals surface area contributed by atoms with Gasteiger partial charge in [-0.25, -0.2) is 14.6 Å². The van der Waals surface area contributed by atoms with Crippen LogP contribution in [0, 0.1) is 6.92 Å². The number of nitrogens with zero attached hydrogens (tertiary/aromatic N) is 4. The van der Waals surface area contributed by atoms with Gasteiger partial charge in [0.05, 0.1) is 12.2 Å². The summed E-state index contributed by atoms with van der Waals surface area (Å²) >= 11 is 5.07. The van der Waals surface area contributed by atoms with Gasteiger partial charge in [-0.3, -0.25) is 0 Å². The molecule has 0 amide bonds. The SMILES string of the molecule is CCO[C@@H](C)c1nc(Cn2nc(-c3ccc(Br)cc3)nc2C)cs1. The Morgan fingerprint density at radius 1 is 1.25 bits per heavy atom. The number of aryl methyl sites for hydroxylation is 1. The van der Waals surface area contributed by atoms with E-state index < -0.39 is 0 Å². The minimum absolute atomic E-state index is 0.0314. The molecule has 1 atom stereocenters. The summed E-state index contributed by atoms with van der Waals surface area (Å²) in [6.07, 6.45) is 0.0314. The smallest absolute Gasteiger partial charge is 0.181 e. The molecule has 1 aromatic carbocycles. The molecule has 5 nitrogen and oxygen atoms in total. The Morgan fingerprint density at radius 2 is 2.00 bits per heavy atom. The van der Waals surface area contributed by atoms with Crippen molar-refractivity contribution >= 4 is 27.3 Å². The summed E-state index contributed by atoms with van der Waals surface area (Å²) in [5, 5.41) is 7.68. The first-order valence-electron chi connectivity index (χ1n) is 7.80. The van der Waals surface area contributed by atoms with E-state index in [2.05, 4.69) is 36.4 Å². The largest absolute Gasteiger partial charge is 0.372 e. The van der Waals surface area contributed by atoms with Gasteiger partial charge in [-0.2, -0.15) is 5.10 Å². The second-order valence-electron chi connectivity index (χ2n) is 5.42. The van der Waals surface area contributed by atoms with E-state index in [4.69, 9.17) is 4.74 Å².